The van der Waals surface area contributed by atoms with E-state index in [0.717, 1.165) is 6.54 Å². The summed E-state index contributed by atoms with van der Waals surface area (Å²) in [6.45, 7) is 5.34. The molecule has 0 aromatic carbocycles. The second kappa shape index (κ2) is 6.01. The molecular weight excluding hydrogens is 200 g/mol. The van der Waals surface area contributed by atoms with Crippen molar-refractivity contribution in [3.05, 3.63) is 18.0 Å². The molecule has 0 amide bonds. The number of hydrogen-bond donors (Lipinski definition) is 1. The maximum atomic E-state index is 6.07. The highest BCUT2D eigenvalue weighted by atomic mass is 15.2. The van der Waals surface area contributed by atoms with Gasteiger partial charge in [-0.1, -0.05) is 13.3 Å². The SMILES string of the molecule is CCCCN(C)C(c1cnn(C)c1)C(C)N. The summed E-state index contributed by atoms with van der Waals surface area (Å²) < 4.78 is 1.83. The van der Waals surface area contributed by atoms with Crippen LogP contribution in [0.15, 0.2) is 12.4 Å². The van der Waals surface area contributed by atoms with E-state index in [1.807, 2.05) is 17.9 Å². The molecule has 0 aliphatic rings. The van der Waals surface area contributed by atoms with Crippen LogP contribution in [-0.4, -0.2) is 34.3 Å². The van der Waals surface area contributed by atoms with Gasteiger partial charge in [0.15, 0.2) is 0 Å². The normalized spacial score (nSPS) is 15.4. The number of rotatable bonds is 6. The lowest BCUT2D eigenvalue weighted by Gasteiger charge is -2.30. The maximum Gasteiger partial charge on any atom is 0.0538 e. The zero-order valence-electron chi connectivity index (χ0n) is 10.8. The fourth-order valence-corrected chi connectivity index (χ4v) is 2.10. The minimum Gasteiger partial charge on any atom is -0.326 e. The number of aromatic nitrogens is 2. The van der Waals surface area contributed by atoms with Crippen LogP contribution in [0.25, 0.3) is 0 Å². The molecule has 1 aromatic heterocycles. The number of unbranched alkanes of at least 4 members (excludes halogenated alkanes) is 1. The topological polar surface area (TPSA) is 47.1 Å². The molecule has 2 atom stereocenters. The van der Waals surface area contributed by atoms with E-state index in [0.29, 0.717) is 0 Å². The summed E-state index contributed by atoms with van der Waals surface area (Å²) in [5, 5.41) is 4.22. The van der Waals surface area contributed by atoms with Crippen LogP contribution in [0.4, 0.5) is 0 Å². The molecule has 2 unspecified atom stereocenters. The first-order valence-corrected chi connectivity index (χ1v) is 6.00. The lowest BCUT2D eigenvalue weighted by molar-refractivity contribution is 0.216. The fourth-order valence-electron chi connectivity index (χ4n) is 2.10. The summed E-state index contributed by atoms with van der Waals surface area (Å²) in [5.74, 6) is 0. The molecule has 16 heavy (non-hydrogen) atoms. The first-order valence-electron chi connectivity index (χ1n) is 6.00. The molecule has 0 bridgehead atoms. The predicted molar refractivity (Wildman–Crippen MR) is 67.1 cm³/mol. The highest BCUT2D eigenvalue weighted by Crippen LogP contribution is 2.21. The van der Waals surface area contributed by atoms with Crippen molar-refractivity contribution in [1.82, 2.24) is 14.7 Å². The van der Waals surface area contributed by atoms with Gasteiger partial charge < -0.3 is 5.73 Å². The Kier molecular flexibility index (Phi) is 4.96. The average molecular weight is 224 g/mol. The first-order chi connectivity index (χ1) is 7.56. The van der Waals surface area contributed by atoms with Crippen LogP contribution < -0.4 is 5.73 Å². The van der Waals surface area contributed by atoms with E-state index < -0.39 is 0 Å². The van der Waals surface area contributed by atoms with Gasteiger partial charge in [-0.3, -0.25) is 9.58 Å². The lowest BCUT2D eigenvalue weighted by atomic mass is 10.0. The Labute approximate surface area is 98.4 Å². The van der Waals surface area contributed by atoms with Crippen molar-refractivity contribution in [2.24, 2.45) is 12.8 Å². The van der Waals surface area contributed by atoms with E-state index in [1.165, 1.54) is 18.4 Å². The molecule has 0 spiro atoms. The Morgan fingerprint density at radius 2 is 2.25 bits per heavy atom. The van der Waals surface area contributed by atoms with Crippen LogP contribution in [0, 0.1) is 0 Å². The molecule has 4 heteroatoms. The van der Waals surface area contributed by atoms with E-state index >= 15 is 0 Å². The molecule has 1 aromatic rings. The third kappa shape index (κ3) is 3.32. The Hall–Kier alpha value is -0.870. The summed E-state index contributed by atoms with van der Waals surface area (Å²) in [7, 11) is 4.07. The van der Waals surface area contributed by atoms with Gasteiger partial charge >= 0.3 is 0 Å². The summed E-state index contributed by atoms with van der Waals surface area (Å²) in [6, 6.07) is 0.381. The Morgan fingerprint density at radius 1 is 1.56 bits per heavy atom. The van der Waals surface area contributed by atoms with Gasteiger partial charge in [-0.2, -0.15) is 5.10 Å². The van der Waals surface area contributed by atoms with Crippen LogP contribution in [0.3, 0.4) is 0 Å². The van der Waals surface area contributed by atoms with Crippen molar-refractivity contribution in [2.75, 3.05) is 13.6 Å². The highest BCUT2D eigenvalue weighted by molar-refractivity contribution is 5.12. The quantitative estimate of drug-likeness (QED) is 0.797. The van der Waals surface area contributed by atoms with Gasteiger partial charge in [0, 0.05) is 24.8 Å². The van der Waals surface area contributed by atoms with E-state index in [4.69, 9.17) is 5.73 Å². The van der Waals surface area contributed by atoms with E-state index in [2.05, 4.69) is 37.1 Å². The molecule has 0 saturated carbocycles. The van der Waals surface area contributed by atoms with Crippen LogP contribution in [-0.2, 0) is 7.05 Å². The third-order valence-corrected chi connectivity index (χ3v) is 2.90. The molecule has 2 N–H and O–H groups in total. The van der Waals surface area contributed by atoms with E-state index in [1.54, 1.807) is 0 Å². The summed E-state index contributed by atoms with van der Waals surface area (Å²) in [6.07, 6.45) is 6.38. The molecule has 4 nitrogen and oxygen atoms in total. The molecule has 0 radical (unpaired) electrons. The minimum atomic E-state index is 0.117. The van der Waals surface area contributed by atoms with Crippen molar-refractivity contribution in [3.63, 3.8) is 0 Å². The highest BCUT2D eigenvalue weighted by Gasteiger charge is 2.21. The molecule has 0 saturated heterocycles. The van der Waals surface area contributed by atoms with Crippen molar-refractivity contribution in [2.45, 2.75) is 38.8 Å². The average Bonchev–Trinajstić information content (AvgIpc) is 2.61. The first kappa shape index (κ1) is 13.2. The molecule has 0 aliphatic heterocycles. The molecule has 0 fully saturated rings. The maximum absolute atomic E-state index is 6.07. The number of nitrogens with two attached hydrogens (primary N) is 1. The second-order valence-corrected chi connectivity index (χ2v) is 4.59. The zero-order valence-corrected chi connectivity index (χ0v) is 10.8. The van der Waals surface area contributed by atoms with Gasteiger partial charge in [0.05, 0.1) is 12.2 Å². The number of nitrogens with zero attached hydrogens (tertiary/aromatic N) is 3. The fraction of sp³-hybridized carbons (Fsp3) is 0.750. The van der Waals surface area contributed by atoms with Crippen LogP contribution in [0.1, 0.15) is 38.3 Å². The Bertz CT molecular complexity index is 306. The van der Waals surface area contributed by atoms with Crippen LogP contribution in [0.2, 0.25) is 0 Å². The summed E-state index contributed by atoms with van der Waals surface area (Å²) >= 11 is 0. The Morgan fingerprint density at radius 3 is 2.69 bits per heavy atom. The predicted octanol–water partition coefficient (Wildman–Crippen LogP) is 1.54. The molecule has 0 aliphatic carbocycles. The number of aryl methyl sites for hydroxylation is 1. The van der Waals surface area contributed by atoms with Gasteiger partial charge in [-0.05, 0) is 26.9 Å². The number of hydrogen-bond acceptors (Lipinski definition) is 3. The Balaban J connectivity index is 2.74. The third-order valence-electron chi connectivity index (χ3n) is 2.90. The van der Waals surface area contributed by atoms with E-state index in [9.17, 15) is 0 Å². The second-order valence-electron chi connectivity index (χ2n) is 4.59. The largest absolute Gasteiger partial charge is 0.326 e. The van der Waals surface area contributed by atoms with Gasteiger partial charge in [0.1, 0.15) is 0 Å². The summed E-state index contributed by atoms with van der Waals surface area (Å²) in [5.41, 5.74) is 7.28. The minimum absolute atomic E-state index is 0.117. The van der Waals surface area contributed by atoms with Crippen molar-refractivity contribution in [1.29, 1.82) is 0 Å². The molecular formula is C12H24N4. The zero-order chi connectivity index (χ0) is 12.1. The van der Waals surface area contributed by atoms with Gasteiger partial charge in [-0.25, -0.2) is 0 Å². The number of likely N-dealkylation sites (N-methyl/N-ethyl adjacent to an activating group) is 1. The smallest absolute Gasteiger partial charge is 0.0538 e. The van der Waals surface area contributed by atoms with Crippen molar-refractivity contribution < 1.29 is 0 Å². The standard InChI is InChI=1S/C12H24N4/c1-5-6-7-15(3)12(10(2)13)11-8-14-16(4)9-11/h8-10,12H,5-7,13H2,1-4H3. The molecule has 1 rings (SSSR count). The van der Waals surface area contributed by atoms with Crippen molar-refractivity contribution >= 4 is 0 Å². The molecule has 1 heterocycles. The summed E-state index contributed by atoms with van der Waals surface area (Å²) in [4.78, 5) is 2.32. The lowest BCUT2D eigenvalue weighted by Crippen LogP contribution is -2.37. The van der Waals surface area contributed by atoms with Crippen LogP contribution >= 0.6 is 0 Å². The van der Waals surface area contributed by atoms with Gasteiger partial charge in [0.25, 0.3) is 0 Å². The molecule has 92 valence electrons. The van der Waals surface area contributed by atoms with E-state index in [-0.39, 0.29) is 12.1 Å². The van der Waals surface area contributed by atoms with Gasteiger partial charge in [0.2, 0.25) is 0 Å². The van der Waals surface area contributed by atoms with Crippen LogP contribution in [0.5, 0.6) is 0 Å². The van der Waals surface area contributed by atoms with Crippen molar-refractivity contribution in [3.8, 4) is 0 Å². The van der Waals surface area contributed by atoms with Gasteiger partial charge in [-0.15, -0.1) is 0 Å². The monoisotopic (exact) mass is 224 g/mol.